The van der Waals surface area contributed by atoms with Gasteiger partial charge in [0, 0.05) is 5.57 Å². The number of phenols is 1. The van der Waals surface area contributed by atoms with E-state index in [9.17, 15) is 4.79 Å². The Hall–Kier alpha value is -2.03. The number of hydrogen-bond donors (Lipinski definition) is 1. The van der Waals surface area contributed by atoms with E-state index in [2.05, 4.69) is 20.1 Å². The Morgan fingerprint density at radius 3 is 2.27 bits per heavy atom. The Kier molecular flexibility index (Phi) is 5.27. The lowest BCUT2D eigenvalue weighted by Gasteiger charge is -2.59. The number of aromatic hydroxyl groups is 1. The van der Waals surface area contributed by atoms with E-state index < -0.39 is 0 Å². The van der Waals surface area contributed by atoms with E-state index in [1.165, 1.54) is 19.3 Å². The van der Waals surface area contributed by atoms with E-state index in [0.717, 1.165) is 36.2 Å². The van der Waals surface area contributed by atoms with Crippen LogP contribution in [-0.2, 0) is 9.53 Å². The van der Waals surface area contributed by atoms with Crippen LogP contribution in [-0.4, -0.2) is 16.7 Å². The van der Waals surface area contributed by atoms with Crippen molar-refractivity contribution in [1.29, 1.82) is 0 Å². The van der Waals surface area contributed by atoms with Gasteiger partial charge in [-0.05, 0) is 80.4 Å². The third-order valence-corrected chi connectivity index (χ3v) is 6.52. The van der Waals surface area contributed by atoms with Gasteiger partial charge in [0.25, 0.3) is 0 Å². The van der Waals surface area contributed by atoms with Gasteiger partial charge in [0.15, 0.2) is 0 Å². The SMILES string of the molecule is C=C(C)C(=O)OC12CC3CC(CC(C3)C1C)C2.C=Cc1ccc(O)cc1. The van der Waals surface area contributed by atoms with Crippen molar-refractivity contribution in [3.63, 3.8) is 0 Å². The van der Waals surface area contributed by atoms with Crippen LogP contribution in [0.2, 0.25) is 0 Å². The molecule has 0 aliphatic heterocycles. The normalized spacial score (nSPS) is 33.8. The fourth-order valence-corrected chi connectivity index (χ4v) is 5.28. The molecular weight excluding hydrogens is 324 g/mol. The molecule has 3 nitrogen and oxygen atoms in total. The van der Waals surface area contributed by atoms with Crippen molar-refractivity contribution >= 4 is 12.0 Å². The zero-order chi connectivity index (χ0) is 18.9. The third-order valence-electron chi connectivity index (χ3n) is 6.52. The zero-order valence-corrected chi connectivity index (χ0v) is 15.9. The minimum Gasteiger partial charge on any atom is -0.508 e. The van der Waals surface area contributed by atoms with E-state index in [1.54, 1.807) is 25.1 Å². The maximum atomic E-state index is 11.9. The first kappa shape index (κ1) is 18.8. The molecule has 140 valence electrons. The Morgan fingerprint density at radius 1 is 1.19 bits per heavy atom. The standard InChI is InChI=1S/C15H22O2.C8H8O/c1-9(2)14(16)17-15-7-11-4-12(8-15)6-13(5-11)10(15)3;1-2-7-3-5-8(9)6-4-7/h10-13H,1,4-8H2,2-3H3;2-6,9H,1H2. The Bertz CT molecular complexity index is 674. The molecule has 1 aromatic rings. The molecule has 1 aromatic carbocycles. The molecule has 0 heterocycles. The van der Waals surface area contributed by atoms with Crippen LogP contribution in [0.5, 0.6) is 5.75 Å². The Balaban J connectivity index is 0.000000185. The topological polar surface area (TPSA) is 46.5 Å². The molecule has 0 saturated heterocycles. The average molecular weight is 354 g/mol. The molecule has 4 fully saturated rings. The molecular formula is C23H30O3. The molecule has 4 saturated carbocycles. The van der Waals surface area contributed by atoms with Crippen molar-refractivity contribution in [2.24, 2.45) is 23.7 Å². The van der Waals surface area contributed by atoms with Gasteiger partial charge in [-0.15, -0.1) is 0 Å². The van der Waals surface area contributed by atoms with Crippen LogP contribution >= 0.6 is 0 Å². The van der Waals surface area contributed by atoms with Crippen molar-refractivity contribution in [1.82, 2.24) is 0 Å². The van der Waals surface area contributed by atoms with Gasteiger partial charge in [-0.25, -0.2) is 4.79 Å². The summed E-state index contributed by atoms with van der Waals surface area (Å²) in [6, 6.07) is 6.89. The lowest BCUT2D eigenvalue weighted by atomic mass is 9.50. The van der Waals surface area contributed by atoms with E-state index >= 15 is 0 Å². The van der Waals surface area contributed by atoms with Gasteiger partial charge in [0.1, 0.15) is 11.4 Å². The summed E-state index contributed by atoms with van der Waals surface area (Å²) in [4.78, 5) is 11.9. The summed E-state index contributed by atoms with van der Waals surface area (Å²) in [6.45, 7) is 11.3. The van der Waals surface area contributed by atoms with Crippen LogP contribution < -0.4 is 0 Å². The quantitative estimate of drug-likeness (QED) is 0.587. The van der Waals surface area contributed by atoms with E-state index in [1.807, 2.05) is 12.1 Å². The summed E-state index contributed by atoms with van der Waals surface area (Å²) in [7, 11) is 0. The van der Waals surface area contributed by atoms with Crippen LogP contribution in [0, 0.1) is 23.7 Å². The smallest absolute Gasteiger partial charge is 0.333 e. The van der Waals surface area contributed by atoms with Gasteiger partial charge in [0.2, 0.25) is 0 Å². The monoisotopic (exact) mass is 354 g/mol. The van der Waals surface area contributed by atoms with Crippen molar-refractivity contribution in [2.75, 3.05) is 0 Å². The second kappa shape index (κ2) is 7.30. The van der Waals surface area contributed by atoms with Gasteiger partial charge in [0.05, 0.1) is 0 Å². The zero-order valence-electron chi connectivity index (χ0n) is 15.9. The van der Waals surface area contributed by atoms with Gasteiger partial charge < -0.3 is 9.84 Å². The fraction of sp³-hybridized carbons (Fsp3) is 0.522. The highest BCUT2D eigenvalue weighted by Crippen LogP contribution is 2.59. The first-order valence-electron chi connectivity index (χ1n) is 9.63. The predicted octanol–water partition coefficient (Wildman–Crippen LogP) is 5.36. The number of ether oxygens (including phenoxy) is 1. The fourth-order valence-electron chi connectivity index (χ4n) is 5.28. The van der Waals surface area contributed by atoms with E-state index in [4.69, 9.17) is 9.84 Å². The second-order valence-corrected chi connectivity index (χ2v) is 8.43. The lowest BCUT2D eigenvalue weighted by Crippen LogP contribution is -2.58. The number of hydrogen-bond acceptors (Lipinski definition) is 3. The number of esters is 1. The molecule has 4 bridgehead atoms. The summed E-state index contributed by atoms with van der Waals surface area (Å²) in [5.41, 5.74) is 1.41. The molecule has 0 amide bonds. The molecule has 0 radical (unpaired) electrons. The minimum atomic E-state index is -0.182. The number of phenolic OH excluding ortho intramolecular Hbond substituents is 1. The maximum absolute atomic E-state index is 11.9. The Labute approximate surface area is 156 Å². The highest BCUT2D eigenvalue weighted by molar-refractivity contribution is 5.87. The first-order chi connectivity index (χ1) is 12.3. The predicted molar refractivity (Wildman–Crippen MR) is 105 cm³/mol. The molecule has 0 spiro atoms. The van der Waals surface area contributed by atoms with Gasteiger partial charge >= 0.3 is 5.97 Å². The van der Waals surface area contributed by atoms with Gasteiger partial charge in [-0.2, -0.15) is 0 Å². The summed E-state index contributed by atoms with van der Waals surface area (Å²) >= 11 is 0. The minimum absolute atomic E-state index is 0.148. The molecule has 0 aromatic heterocycles. The van der Waals surface area contributed by atoms with Crippen molar-refractivity contribution in [2.45, 2.75) is 51.6 Å². The van der Waals surface area contributed by atoms with Crippen LogP contribution in [0.3, 0.4) is 0 Å². The van der Waals surface area contributed by atoms with Gasteiger partial charge in [-0.3, -0.25) is 0 Å². The summed E-state index contributed by atoms with van der Waals surface area (Å²) in [5.74, 6) is 3.06. The van der Waals surface area contributed by atoms with Crippen molar-refractivity contribution < 1.29 is 14.6 Å². The largest absolute Gasteiger partial charge is 0.508 e. The molecule has 5 rings (SSSR count). The summed E-state index contributed by atoms with van der Waals surface area (Å²) < 4.78 is 5.89. The maximum Gasteiger partial charge on any atom is 0.333 e. The van der Waals surface area contributed by atoms with Crippen LogP contribution in [0.4, 0.5) is 0 Å². The summed E-state index contributed by atoms with van der Waals surface area (Å²) in [5, 5.41) is 8.82. The highest BCUT2D eigenvalue weighted by atomic mass is 16.6. The first-order valence-corrected chi connectivity index (χ1v) is 9.63. The number of carbonyl (C=O) groups excluding carboxylic acids is 1. The molecule has 1 N–H and O–H groups in total. The molecule has 3 heteroatoms. The van der Waals surface area contributed by atoms with Crippen molar-refractivity contribution in [3.05, 3.63) is 48.6 Å². The average Bonchev–Trinajstić information content (AvgIpc) is 2.60. The summed E-state index contributed by atoms with van der Waals surface area (Å²) in [6.07, 6.45) is 8.03. The van der Waals surface area contributed by atoms with Crippen LogP contribution in [0.25, 0.3) is 6.08 Å². The van der Waals surface area contributed by atoms with Crippen LogP contribution in [0.15, 0.2) is 43.0 Å². The molecule has 26 heavy (non-hydrogen) atoms. The highest BCUT2D eigenvalue weighted by Gasteiger charge is 2.57. The van der Waals surface area contributed by atoms with Gasteiger partial charge in [-0.1, -0.05) is 38.3 Å². The number of rotatable bonds is 3. The van der Waals surface area contributed by atoms with Crippen molar-refractivity contribution in [3.8, 4) is 5.75 Å². The second-order valence-electron chi connectivity index (χ2n) is 8.43. The molecule has 3 unspecified atom stereocenters. The molecule has 4 aliphatic carbocycles. The molecule has 3 atom stereocenters. The molecule has 4 aliphatic rings. The lowest BCUT2D eigenvalue weighted by molar-refractivity contribution is -0.201. The number of benzene rings is 1. The van der Waals surface area contributed by atoms with E-state index in [-0.39, 0.29) is 11.6 Å². The van der Waals surface area contributed by atoms with E-state index in [0.29, 0.717) is 17.2 Å². The third kappa shape index (κ3) is 3.72. The number of carbonyl (C=O) groups is 1. The Morgan fingerprint density at radius 2 is 1.77 bits per heavy atom. The van der Waals surface area contributed by atoms with Crippen LogP contribution in [0.1, 0.15) is 51.5 Å².